The largest absolute Gasteiger partial charge is 0.480 e. The summed E-state index contributed by atoms with van der Waals surface area (Å²) in [7, 11) is -4.19. The molecule has 1 aliphatic heterocycles. The van der Waals surface area contributed by atoms with E-state index in [-0.39, 0.29) is 18.1 Å². The number of aromatic nitrogens is 1. The lowest BCUT2D eigenvalue weighted by Crippen LogP contribution is -2.50. The van der Waals surface area contributed by atoms with Crippen LogP contribution in [0.1, 0.15) is 61.4 Å². The molecule has 4 aromatic rings. The smallest absolute Gasteiger partial charge is 0.328 e. The SMILES string of the molecule is CCCCCN1CC(C(=O)O)n2c(c(-c3cccc(C)c3)c(Cc3cccc4ccccc34)c(CC)c2=O)S1(=O)=O. The Morgan fingerprint density at radius 1 is 0.976 bits per heavy atom. The monoisotopic (exact) mass is 572 g/mol. The van der Waals surface area contributed by atoms with Gasteiger partial charge < -0.3 is 5.11 Å². The van der Waals surface area contributed by atoms with E-state index < -0.39 is 27.6 Å². The minimum atomic E-state index is -4.19. The van der Waals surface area contributed by atoms with Crippen molar-refractivity contribution < 1.29 is 18.3 Å². The van der Waals surface area contributed by atoms with E-state index in [0.717, 1.165) is 39.3 Å². The predicted molar refractivity (Wildman–Crippen MR) is 162 cm³/mol. The number of aliphatic carboxylic acids is 1. The Hall–Kier alpha value is -3.75. The van der Waals surface area contributed by atoms with E-state index >= 15 is 0 Å². The Morgan fingerprint density at radius 3 is 2.41 bits per heavy atom. The van der Waals surface area contributed by atoms with Gasteiger partial charge in [-0.1, -0.05) is 99.0 Å². The normalized spacial score (nSPS) is 16.5. The van der Waals surface area contributed by atoms with Gasteiger partial charge >= 0.3 is 5.97 Å². The van der Waals surface area contributed by atoms with Gasteiger partial charge in [0, 0.05) is 24.2 Å². The summed E-state index contributed by atoms with van der Waals surface area (Å²) >= 11 is 0. The number of carboxylic acids is 1. The number of carbonyl (C=O) groups is 1. The number of sulfonamides is 1. The number of unbranched alkanes of at least 4 members (excludes halogenated alkanes) is 2. The number of aryl methyl sites for hydroxylation is 1. The molecule has 1 N–H and O–H groups in total. The quantitative estimate of drug-likeness (QED) is 0.250. The van der Waals surface area contributed by atoms with Gasteiger partial charge in [0.05, 0.1) is 0 Å². The first kappa shape index (κ1) is 28.8. The van der Waals surface area contributed by atoms with E-state index in [9.17, 15) is 23.1 Å². The molecule has 41 heavy (non-hydrogen) atoms. The van der Waals surface area contributed by atoms with Crippen LogP contribution >= 0.6 is 0 Å². The lowest BCUT2D eigenvalue weighted by molar-refractivity contribution is -0.141. The molecule has 5 rings (SSSR count). The van der Waals surface area contributed by atoms with Crippen LogP contribution in [-0.4, -0.2) is 41.5 Å². The van der Waals surface area contributed by atoms with Crippen LogP contribution < -0.4 is 5.56 Å². The lowest BCUT2D eigenvalue weighted by Gasteiger charge is -2.36. The second-order valence-corrected chi connectivity index (χ2v) is 12.6. The fourth-order valence-corrected chi connectivity index (χ4v) is 7.94. The van der Waals surface area contributed by atoms with Crippen LogP contribution in [0.3, 0.4) is 0 Å². The number of hydrogen-bond donors (Lipinski definition) is 1. The highest BCUT2D eigenvalue weighted by Gasteiger charge is 2.44. The van der Waals surface area contributed by atoms with Crippen molar-refractivity contribution in [3.63, 3.8) is 0 Å². The zero-order valence-corrected chi connectivity index (χ0v) is 24.6. The molecule has 0 spiro atoms. The number of carboxylic acid groups (broad SMARTS) is 1. The summed E-state index contributed by atoms with van der Waals surface area (Å²) in [4.78, 5) is 26.8. The maximum Gasteiger partial charge on any atom is 0.328 e. The highest BCUT2D eigenvalue weighted by atomic mass is 32.2. The van der Waals surface area contributed by atoms with Gasteiger partial charge in [-0.15, -0.1) is 0 Å². The first-order valence-electron chi connectivity index (χ1n) is 14.3. The molecule has 1 atom stereocenters. The molecule has 2 heterocycles. The van der Waals surface area contributed by atoms with Crippen molar-refractivity contribution in [1.82, 2.24) is 8.87 Å². The first-order valence-corrected chi connectivity index (χ1v) is 15.7. The minimum Gasteiger partial charge on any atom is -0.480 e. The summed E-state index contributed by atoms with van der Waals surface area (Å²) < 4.78 is 31.1. The zero-order chi connectivity index (χ0) is 29.3. The van der Waals surface area contributed by atoms with Crippen LogP contribution in [0.4, 0.5) is 0 Å². The average Bonchev–Trinajstić information content (AvgIpc) is 2.94. The Labute approximate surface area is 241 Å². The van der Waals surface area contributed by atoms with Crippen LogP contribution in [0, 0.1) is 6.92 Å². The molecular formula is C33H36N2O5S. The molecule has 1 aromatic heterocycles. The maximum atomic E-state index is 14.4. The summed E-state index contributed by atoms with van der Waals surface area (Å²) in [6, 6.07) is 20.2. The third-order valence-electron chi connectivity index (χ3n) is 8.05. The molecule has 0 fully saturated rings. The Morgan fingerprint density at radius 2 is 1.71 bits per heavy atom. The van der Waals surface area contributed by atoms with Gasteiger partial charge in [0.1, 0.15) is 6.04 Å². The maximum absolute atomic E-state index is 14.4. The average molecular weight is 573 g/mol. The van der Waals surface area contributed by atoms with Crippen LogP contribution in [-0.2, 0) is 27.7 Å². The fourth-order valence-electron chi connectivity index (χ4n) is 6.03. The van der Waals surface area contributed by atoms with Crippen LogP contribution in [0.2, 0.25) is 0 Å². The van der Waals surface area contributed by atoms with Crippen molar-refractivity contribution in [3.05, 3.63) is 99.3 Å². The molecule has 0 saturated heterocycles. The van der Waals surface area contributed by atoms with E-state index in [2.05, 4.69) is 0 Å². The standard InChI is InChI=1S/C33H36N2O5S/c1-4-6-9-18-34-21-29(33(37)38)35-31(36)26(5-2)28(20-24-15-11-14-23-13-7-8-17-27(23)24)30(32(35)41(34,39)40)25-16-10-12-22(3)19-25/h7-8,10-17,19,29H,4-6,9,18,20-21H2,1-3H3,(H,37,38). The molecule has 3 aromatic carbocycles. The van der Waals surface area contributed by atoms with Crippen molar-refractivity contribution in [1.29, 1.82) is 0 Å². The summed E-state index contributed by atoms with van der Waals surface area (Å²) in [5.74, 6) is -1.22. The van der Waals surface area contributed by atoms with E-state index in [4.69, 9.17) is 0 Å². The van der Waals surface area contributed by atoms with Gasteiger partial charge in [-0.2, -0.15) is 4.31 Å². The fraction of sp³-hybridized carbons (Fsp3) is 0.333. The van der Waals surface area contributed by atoms with Gasteiger partial charge in [0.15, 0.2) is 5.03 Å². The molecule has 8 heteroatoms. The van der Waals surface area contributed by atoms with Crippen molar-refractivity contribution in [2.24, 2.45) is 0 Å². The van der Waals surface area contributed by atoms with Gasteiger partial charge in [-0.25, -0.2) is 13.2 Å². The van der Waals surface area contributed by atoms with Crippen molar-refractivity contribution in [2.45, 2.75) is 63.9 Å². The van der Waals surface area contributed by atoms with E-state index in [1.807, 2.05) is 87.5 Å². The van der Waals surface area contributed by atoms with Crippen LogP contribution in [0.15, 0.2) is 76.6 Å². The first-order chi connectivity index (χ1) is 19.7. The van der Waals surface area contributed by atoms with E-state index in [1.165, 1.54) is 4.31 Å². The minimum absolute atomic E-state index is 0.204. The van der Waals surface area contributed by atoms with Crippen LogP contribution in [0.25, 0.3) is 21.9 Å². The van der Waals surface area contributed by atoms with Gasteiger partial charge in [-0.05, 0) is 53.6 Å². The summed E-state index contributed by atoms with van der Waals surface area (Å²) in [6.45, 7) is 5.76. The third kappa shape index (κ3) is 5.22. The highest BCUT2D eigenvalue weighted by Crippen LogP contribution is 2.40. The number of nitrogens with zero attached hydrogens (tertiary/aromatic N) is 2. The number of fused-ring (bicyclic) bond motifs is 2. The molecule has 0 aliphatic carbocycles. The molecule has 1 unspecified atom stereocenters. The van der Waals surface area contributed by atoms with Gasteiger partial charge in [-0.3, -0.25) is 9.36 Å². The highest BCUT2D eigenvalue weighted by molar-refractivity contribution is 7.89. The number of benzene rings is 3. The van der Waals surface area contributed by atoms with E-state index in [0.29, 0.717) is 41.5 Å². The summed E-state index contributed by atoms with van der Waals surface area (Å²) in [6.07, 6.45) is 3.00. The Balaban J connectivity index is 1.88. The Bertz CT molecular complexity index is 1790. The molecular weight excluding hydrogens is 536 g/mol. The van der Waals surface area contributed by atoms with Crippen LogP contribution in [0.5, 0.6) is 0 Å². The topological polar surface area (TPSA) is 96.7 Å². The third-order valence-corrected chi connectivity index (χ3v) is 9.95. The van der Waals surface area contributed by atoms with Gasteiger partial charge in [0.25, 0.3) is 15.6 Å². The van der Waals surface area contributed by atoms with Crippen molar-refractivity contribution >= 4 is 26.8 Å². The second-order valence-electron chi connectivity index (χ2n) is 10.8. The predicted octanol–water partition coefficient (Wildman–Crippen LogP) is 5.95. The molecule has 0 radical (unpaired) electrons. The van der Waals surface area contributed by atoms with Crippen molar-refractivity contribution in [3.8, 4) is 11.1 Å². The zero-order valence-electron chi connectivity index (χ0n) is 23.8. The van der Waals surface area contributed by atoms with E-state index in [1.54, 1.807) is 0 Å². The summed E-state index contributed by atoms with van der Waals surface area (Å²) in [5.41, 5.74) is 3.51. The number of rotatable bonds is 9. The number of hydrogen-bond acceptors (Lipinski definition) is 4. The molecule has 0 saturated carbocycles. The molecule has 7 nitrogen and oxygen atoms in total. The molecule has 214 valence electrons. The lowest BCUT2D eigenvalue weighted by atomic mass is 9.89. The molecule has 0 amide bonds. The molecule has 0 bridgehead atoms. The van der Waals surface area contributed by atoms with Crippen molar-refractivity contribution in [2.75, 3.05) is 13.1 Å². The second kappa shape index (κ2) is 11.6. The van der Waals surface area contributed by atoms with Gasteiger partial charge in [0.2, 0.25) is 0 Å². The summed E-state index contributed by atoms with van der Waals surface area (Å²) in [5, 5.41) is 12.1. The Kier molecular flexibility index (Phi) is 8.16. The number of pyridine rings is 1. The molecule has 1 aliphatic rings.